The van der Waals surface area contributed by atoms with Crippen LogP contribution in [0.15, 0.2) is 25.3 Å². The highest BCUT2D eigenvalue weighted by molar-refractivity contribution is 8.02. The van der Waals surface area contributed by atoms with Gasteiger partial charge in [0.25, 0.3) is 0 Å². The van der Waals surface area contributed by atoms with Crippen molar-refractivity contribution in [3.05, 3.63) is 25.3 Å². The van der Waals surface area contributed by atoms with E-state index >= 15 is 0 Å². The van der Waals surface area contributed by atoms with Crippen LogP contribution in [0.3, 0.4) is 0 Å². The highest BCUT2D eigenvalue weighted by Gasteiger charge is 2.78. The summed E-state index contributed by atoms with van der Waals surface area (Å²) in [5.41, 5.74) is 0. The van der Waals surface area contributed by atoms with Gasteiger partial charge in [0.05, 0.1) is 29.2 Å². The molecule has 0 radical (unpaired) electrons. The van der Waals surface area contributed by atoms with Crippen molar-refractivity contribution in [3.63, 3.8) is 0 Å². The fourth-order valence-electron chi connectivity index (χ4n) is 7.08. The maximum absolute atomic E-state index is 14.5. The molecule has 0 aliphatic carbocycles. The predicted molar refractivity (Wildman–Crippen MR) is 155 cm³/mol. The lowest BCUT2D eigenvalue weighted by atomic mass is 9.66. The second-order valence-electron chi connectivity index (χ2n) is 11.8. The van der Waals surface area contributed by atoms with Crippen LogP contribution >= 0.6 is 11.8 Å². The normalized spacial score (nSPS) is 30.4. The standard InChI is InChI=1S/C30H49N3O4S/c1-8-12-13-19-32(18-11-4)28(37)25-30-15-14-29(7,38-30)23(26(35)31(16-9-2)17-10-3)24(30)27(36)33(25)22(20-34)21(5)6/h9,11,21-25,34H,2,4,8,10,12-20H2,1,3,5-7H3/t22-,23-,24-,25?,29+,30?/m0/s1. The Morgan fingerprint density at radius 3 is 2.24 bits per heavy atom. The topological polar surface area (TPSA) is 81.2 Å². The fourth-order valence-corrected chi connectivity index (χ4v) is 9.41. The largest absolute Gasteiger partial charge is 0.394 e. The highest BCUT2D eigenvalue weighted by atomic mass is 32.2. The smallest absolute Gasteiger partial charge is 0.247 e. The van der Waals surface area contributed by atoms with Gasteiger partial charge in [-0.1, -0.05) is 52.7 Å². The molecule has 0 aromatic rings. The van der Waals surface area contributed by atoms with E-state index in [1.807, 2.05) is 30.6 Å². The molecule has 0 aromatic heterocycles. The number of aliphatic hydroxyl groups excluding tert-OH is 1. The summed E-state index contributed by atoms with van der Waals surface area (Å²) in [6.07, 6.45) is 8.76. The van der Waals surface area contributed by atoms with Gasteiger partial charge in [0, 0.05) is 30.9 Å². The first kappa shape index (κ1) is 30.7. The third-order valence-electron chi connectivity index (χ3n) is 8.88. The van der Waals surface area contributed by atoms with E-state index in [-0.39, 0.29) is 30.2 Å². The van der Waals surface area contributed by atoms with Gasteiger partial charge in [0.1, 0.15) is 6.04 Å². The maximum atomic E-state index is 14.5. The number of hydrogen-bond acceptors (Lipinski definition) is 5. The molecule has 2 unspecified atom stereocenters. The Balaban J connectivity index is 2.11. The third kappa shape index (κ3) is 5.19. The molecule has 3 amide bonds. The van der Waals surface area contributed by atoms with E-state index in [0.717, 1.165) is 32.1 Å². The first-order valence-corrected chi connectivity index (χ1v) is 15.3. The molecule has 214 valence electrons. The van der Waals surface area contributed by atoms with Crippen molar-refractivity contribution in [1.29, 1.82) is 0 Å². The molecule has 3 fully saturated rings. The van der Waals surface area contributed by atoms with Crippen LogP contribution in [0.25, 0.3) is 0 Å². The molecule has 0 aromatic carbocycles. The number of thioether (sulfide) groups is 1. The molecule has 3 saturated heterocycles. The molecule has 3 heterocycles. The van der Waals surface area contributed by atoms with Crippen LogP contribution in [0.5, 0.6) is 0 Å². The third-order valence-corrected chi connectivity index (χ3v) is 10.9. The Kier molecular flexibility index (Phi) is 10.2. The van der Waals surface area contributed by atoms with Gasteiger partial charge < -0.3 is 19.8 Å². The number of unbranched alkanes of at least 4 members (excludes halogenated alkanes) is 2. The first-order valence-electron chi connectivity index (χ1n) is 14.5. The molecule has 1 spiro atoms. The second-order valence-corrected chi connectivity index (χ2v) is 13.7. The summed E-state index contributed by atoms with van der Waals surface area (Å²) >= 11 is 1.70. The number of hydrogen-bond donors (Lipinski definition) is 1. The van der Waals surface area contributed by atoms with Crippen molar-refractivity contribution >= 4 is 29.5 Å². The van der Waals surface area contributed by atoms with Crippen molar-refractivity contribution in [1.82, 2.24) is 14.7 Å². The summed E-state index contributed by atoms with van der Waals surface area (Å²) in [7, 11) is 0. The van der Waals surface area contributed by atoms with Crippen LogP contribution in [0.1, 0.15) is 73.1 Å². The molecule has 6 atom stereocenters. The van der Waals surface area contributed by atoms with E-state index in [2.05, 4.69) is 27.0 Å². The second kappa shape index (κ2) is 12.6. The van der Waals surface area contributed by atoms with E-state index in [1.165, 1.54) is 0 Å². The van der Waals surface area contributed by atoms with E-state index in [4.69, 9.17) is 0 Å². The molecule has 3 rings (SSSR count). The number of fused-ring (bicyclic) bond motifs is 1. The number of nitrogens with zero attached hydrogens (tertiary/aromatic N) is 3. The Bertz CT molecular complexity index is 910. The Hall–Kier alpha value is -1.80. The van der Waals surface area contributed by atoms with E-state index in [0.29, 0.717) is 32.6 Å². The maximum Gasteiger partial charge on any atom is 0.247 e. The summed E-state index contributed by atoms with van der Waals surface area (Å²) in [5.74, 6) is -1.34. The minimum Gasteiger partial charge on any atom is -0.394 e. The summed E-state index contributed by atoms with van der Waals surface area (Å²) in [6, 6.07) is -1.19. The molecule has 3 aliphatic heterocycles. The average Bonchev–Trinajstić information content (AvgIpc) is 3.44. The quantitative estimate of drug-likeness (QED) is 0.247. The fraction of sp³-hybridized carbons (Fsp3) is 0.767. The average molecular weight is 548 g/mol. The Morgan fingerprint density at radius 2 is 1.71 bits per heavy atom. The van der Waals surface area contributed by atoms with Crippen LogP contribution in [0.2, 0.25) is 0 Å². The van der Waals surface area contributed by atoms with Crippen LogP contribution in [0, 0.1) is 17.8 Å². The zero-order chi connectivity index (χ0) is 28.3. The molecule has 0 saturated carbocycles. The van der Waals surface area contributed by atoms with Gasteiger partial charge in [0.15, 0.2) is 0 Å². The van der Waals surface area contributed by atoms with Crippen LogP contribution in [-0.4, -0.2) is 91.9 Å². The molecule has 8 heteroatoms. The van der Waals surface area contributed by atoms with E-state index < -0.39 is 33.4 Å². The first-order chi connectivity index (χ1) is 18.1. The zero-order valence-corrected chi connectivity index (χ0v) is 25.0. The minimum atomic E-state index is -0.704. The Morgan fingerprint density at radius 1 is 1.08 bits per heavy atom. The molecular formula is C30H49N3O4S. The summed E-state index contributed by atoms with van der Waals surface area (Å²) in [5, 5.41) is 10.4. The summed E-state index contributed by atoms with van der Waals surface area (Å²) in [6.45, 7) is 19.8. The monoisotopic (exact) mass is 547 g/mol. The number of likely N-dealkylation sites (tertiary alicyclic amines) is 1. The van der Waals surface area contributed by atoms with Gasteiger partial charge >= 0.3 is 0 Å². The summed E-state index contributed by atoms with van der Waals surface area (Å²) < 4.78 is -1.09. The molecule has 2 bridgehead atoms. The van der Waals surface area contributed by atoms with Crippen molar-refractivity contribution in [3.8, 4) is 0 Å². The zero-order valence-electron chi connectivity index (χ0n) is 24.2. The van der Waals surface area contributed by atoms with E-state index in [1.54, 1.807) is 28.8 Å². The minimum absolute atomic E-state index is 0.00860. The van der Waals surface area contributed by atoms with Crippen LogP contribution < -0.4 is 0 Å². The molecule has 7 nitrogen and oxygen atoms in total. The van der Waals surface area contributed by atoms with Gasteiger partial charge in [-0.25, -0.2) is 0 Å². The van der Waals surface area contributed by atoms with Gasteiger partial charge in [-0.3, -0.25) is 14.4 Å². The molecular weight excluding hydrogens is 498 g/mol. The number of aliphatic hydroxyl groups is 1. The lowest BCUT2D eigenvalue weighted by molar-refractivity contribution is -0.148. The molecule has 38 heavy (non-hydrogen) atoms. The predicted octanol–water partition coefficient (Wildman–Crippen LogP) is 4.11. The molecule has 1 N–H and O–H groups in total. The van der Waals surface area contributed by atoms with Crippen molar-refractivity contribution in [2.75, 3.05) is 32.8 Å². The number of carbonyl (C=O) groups is 3. The van der Waals surface area contributed by atoms with Crippen molar-refractivity contribution in [2.24, 2.45) is 17.8 Å². The van der Waals surface area contributed by atoms with Gasteiger partial charge in [-0.15, -0.1) is 24.9 Å². The van der Waals surface area contributed by atoms with Crippen molar-refractivity contribution < 1.29 is 19.5 Å². The summed E-state index contributed by atoms with van der Waals surface area (Å²) in [4.78, 5) is 48.4. The van der Waals surface area contributed by atoms with Crippen LogP contribution in [0.4, 0.5) is 0 Å². The van der Waals surface area contributed by atoms with Gasteiger partial charge in [-0.2, -0.15) is 0 Å². The lowest BCUT2D eigenvalue weighted by Crippen LogP contribution is -2.58. The Labute approximate surface area is 234 Å². The molecule has 3 aliphatic rings. The lowest BCUT2D eigenvalue weighted by Gasteiger charge is -2.40. The van der Waals surface area contributed by atoms with Crippen molar-refractivity contribution in [2.45, 2.75) is 94.7 Å². The SMILES string of the molecule is C=CCN(CCCCC)C(=O)C1N([C@@H](CO)C(C)C)C(=O)[C@@H]2[C@@H](C(=O)N(CC=C)CCC)[C@@]3(C)CCC12S3. The van der Waals surface area contributed by atoms with Gasteiger partial charge in [0.2, 0.25) is 17.7 Å². The van der Waals surface area contributed by atoms with Gasteiger partial charge in [-0.05, 0) is 38.5 Å². The number of rotatable bonds is 15. The highest BCUT2D eigenvalue weighted by Crippen LogP contribution is 2.72. The number of amides is 3. The van der Waals surface area contributed by atoms with E-state index in [9.17, 15) is 19.5 Å². The van der Waals surface area contributed by atoms with Crippen LogP contribution in [-0.2, 0) is 14.4 Å². The number of carbonyl (C=O) groups excluding carboxylic acids is 3.